The smallest absolute Gasteiger partial charge is 0.244 e. The van der Waals surface area contributed by atoms with Crippen LogP contribution >= 0.6 is 0 Å². The lowest BCUT2D eigenvalue weighted by molar-refractivity contribution is -0.135. The molecule has 0 radical (unpaired) electrons. The van der Waals surface area contributed by atoms with Crippen molar-refractivity contribution in [1.29, 1.82) is 0 Å². The summed E-state index contributed by atoms with van der Waals surface area (Å²) < 4.78 is 6.93. The number of hydrogen-bond donors (Lipinski definition) is 1. The molecule has 1 saturated heterocycles. The molecule has 0 aliphatic carbocycles. The van der Waals surface area contributed by atoms with Gasteiger partial charge in [0.15, 0.2) is 5.65 Å². The van der Waals surface area contributed by atoms with E-state index >= 15 is 0 Å². The number of fused-ring (bicyclic) bond motifs is 1. The van der Waals surface area contributed by atoms with Crippen molar-refractivity contribution in [2.45, 2.75) is 13.0 Å². The number of anilines is 1. The molecule has 1 aliphatic heterocycles. The number of nitrogens with one attached hydrogen (secondary N) is 1. The van der Waals surface area contributed by atoms with Gasteiger partial charge in [-0.25, -0.2) is 9.50 Å². The number of hydrogen-bond acceptors (Lipinski definition) is 5. The third-order valence-corrected chi connectivity index (χ3v) is 3.32. The first-order chi connectivity index (χ1) is 9.74. The Bertz CT molecular complexity index is 606. The molecule has 1 unspecified atom stereocenters. The van der Waals surface area contributed by atoms with Crippen molar-refractivity contribution < 1.29 is 9.53 Å². The van der Waals surface area contributed by atoms with Crippen molar-refractivity contribution in [3.8, 4) is 0 Å². The van der Waals surface area contributed by atoms with Crippen LogP contribution in [0.15, 0.2) is 24.5 Å². The van der Waals surface area contributed by atoms with E-state index in [1.165, 1.54) is 0 Å². The first-order valence-electron chi connectivity index (χ1n) is 6.67. The predicted molar refractivity (Wildman–Crippen MR) is 73.5 cm³/mol. The molecular formula is C13H17N5O2. The van der Waals surface area contributed by atoms with Crippen molar-refractivity contribution >= 4 is 17.4 Å². The van der Waals surface area contributed by atoms with Crippen LogP contribution in [0, 0.1) is 0 Å². The third-order valence-electron chi connectivity index (χ3n) is 3.32. The average Bonchev–Trinajstić information content (AvgIpc) is 2.95. The Morgan fingerprint density at radius 1 is 1.40 bits per heavy atom. The molecule has 7 nitrogen and oxygen atoms in total. The molecule has 7 heteroatoms. The summed E-state index contributed by atoms with van der Waals surface area (Å²) in [6, 6.07) is 3.31. The van der Waals surface area contributed by atoms with Crippen molar-refractivity contribution in [1.82, 2.24) is 19.5 Å². The lowest BCUT2D eigenvalue weighted by Gasteiger charge is -2.29. The van der Waals surface area contributed by atoms with Crippen molar-refractivity contribution in [3.05, 3.63) is 24.5 Å². The minimum Gasteiger partial charge on any atom is -0.378 e. The lowest BCUT2D eigenvalue weighted by Crippen LogP contribution is -2.47. The molecule has 1 N–H and O–H groups in total. The van der Waals surface area contributed by atoms with Crippen molar-refractivity contribution in [3.63, 3.8) is 0 Å². The summed E-state index contributed by atoms with van der Waals surface area (Å²) in [7, 11) is 0. The van der Waals surface area contributed by atoms with Gasteiger partial charge in [-0.2, -0.15) is 5.10 Å². The standard InChI is InChI=1S/C13H17N5O2/c1-10(13(19)17-6-8-20-9-7-17)15-11-3-5-18-12(16-11)2-4-14-18/h2-5,10H,6-9H2,1H3,(H,15,16). The highest BCUT2D eigenvalue weighted by Crippen LogP contribution is 2.09. The molecule has 3 rings (SSSR count). The molecule has 0 saturated carbocycles. The molecule has 2 aromatic rings. The van der Waals surface area contributed by atoms with E-state index in [0.717, 1.165) is 5.65 Å². The van der Waals surface area contributed by atoms with Crippen molar-refractivity contribution in [2.24, 2.45) is 0 Å². The number of carbonyl (C=O) groups is 1. The number of ether oxygens (including phenoxy) is 1. The Morgan fingerprint density at radius 2 is 2.20 bits per heavy atom. The highest BCUT2D eigenvalue weighted by Gasteiger charge is 2.22. The summed E-state index contributed by atoms with van der Waals surface area (Å²) in [6.07, 6.45) is 3.50. The highest BCUT2D eigenvalue weighted by atomic mass is 16.5. The van der Waals surface area contributed by atoms with Gasteiger partial charge in [-0.3, -0.25) is 4.79 Å². The van der Waals surface area contributed by atoms with Crippen LogP contribution < -0.4 is 5.32 Å². The molecule has 1 fully saturated rings. The molecule has 0 bridgehead atoms. The maximum atomic E-state index is 12.3. The zero-order valence-electron chi connectivity index (χ0n) is 11.3. The van der Waals surface area contributed by atoms with E-state index in [2.05, 4.69) is 15.4 Å². The van der Waals surface area contributed by atoms with Crippen LogP contribution in [0.25, 0.3) is 5.65 Å². The lowest BCUT2D eigenvalue weighted by atomic mass is 10.2. The van der Waals surface area contributed by atoms with Crippen LogP contribution in [0.5, 0.6) is 0 Å². The number of morpholine rings is 1. The van der Waals surface area contributed by atoms with Gasteiger partial charge in [0.1, 0.15) is 11.9 Å². The minimum absolute atomic E-state index is 0.0727. The van der Waals surface area contributed by atoms with E-state index in [0.29, 0.717) is 32.1 Å². The Kier molecular flexibility index (Phi) is 3.51. The Morgan fingerprint density at radius 3 is 3.00 bits per heavy atom. The number of rotatable bonds is 3. The molecule has 3 heterocycles. The normalized spacial score (nSPS) is 17.1. The summed E-state index contributed by atoms with van der Waals surface area (Å²) in [5.74, 6) is 0.746. The summed E-state index contributed by atoms with van der Waals surface area (Å²) in [5.41, 5.74) is 0.751. The van der Waals surface area contributed by atoms with Crippen molar-refractivity contribution in [2.75, 3.05) is 31.6 Å². The number of nitrogens with zero attached hydrogens (tertiary/aromatic N) is 4. The van der Waals surface area contributed by atoms with Gasteiger partial charge in [-0.15, -0.1) is 0 Å². The Balaban J connectivity index is 1.67. The fraction of sp³-hybridized carbons (Fsp3) is 0.462. The zero-order valence-corrected chi connectivity index (χ0v) is 11.3. The number of carbonyl (C=O) groups excluding carboxylic acids is 1. The summed E-state index contributed by atoms with van der Waals surface area (Å²) >= 11 is 0. The van der Waals surface area contributed by atoms with E-state index < -0.39 is 0 Å². The van der Waals surface area contributed by atoms with E-state index in [-0.39, 0.29) is 11.9 Å². The van der Waals surface area contributed by atoms with E-state index in [1.54, 1.807) is 10.7 Å². The molecule has 106 valence electrons. The third kappa shape index (κ3) is 2.57. The molecule has 0 spiro atoms. The van der Waals surface area contributed by atoms with Crippen LogP contribution in [0.4, 0.5) is 5.82 Å². The largest absolute Gasteiger partial charge is 0.378 e. The van der Waals surface area contributed by atoms with Crippen LogP contribution in [0.3, 0.4) is 0 Å². The van der Waals surface area contributed by atoms with Gasteiger partial charge in [-0.05, 0) is 13.0 Å². The van der Waals surface area contributed by atoms with E-state index in [1.807, 2.05) is 30.2 Å². The fourth-order valence-corrected chi connectivity index (χ4v) is 2.23. The SMILES string of the molecule is CC(Nc1ccn2nccc2n1)C(=O)N1CCOCC1. The zero-order chi connectivity index (χ0) is 13.9. The van der Waals surface area contributed by atoms with Gasteiger partial charge in [0.25, 0.3) is 0 Å². The first kappa shape index (κ1) is 12.9. The predicted octanol–water partition coefficient (Wildman–Crippen LogP) is 0.388. The molecule has 1 amide bonds. The van der Waals surface area contributed by atoms with Crippen LogP contribution in [-0.4, -0.2) is 57.8 Å². The Labute approximate surface area is 116 Å². The second-order valence-electron chi connectivity index (χ2n) is 4.75. The minimum atomic E-state index is -0.314. The topological polar surface area (TPSA) is 71.8 Å². The van der Waals surface area contributed by atoms with Gasteiger partial charge < -0.3 is 15.0 Å². The summed E-state index contributed by atoms with van der Waals surface area (Å²) in [5, 5.41) is 7.22. The number of amides is 1. The molecular weight excluding hydrogens is 258 g/mol. The van der Waals surface area contributed by atoms with Gasteiger partial charge in [0.05, 0.1) is 19.4 Å². The van der Waals surface area contributed by atoms with Crippen LogP contribution in [0.1, 0.15) is 6.92 Å². The molecule has 20 heavy (non-hydrogen) atoms. The molecule has 0 aromatic carbocycles. The van der Waals surface area contributed by atoms with Crippen LogP contribution in [-0.2, 0) is 9.53 Å². The summed E-state index contributed by atoms with van der Waals surface area (Å²) in [4.78, 5) is 18.5. The summed E-state index contributed by atoms with van der Waals surface area (Å²) in [6.45, 7) is 4.37. The number of aromatic nitrogens is 3. The highest BCUT2D eigenvalue weighted by molar-refractivity contribution is 5.84. The second kappa shape index (κ2) is 5.46. The van der Waals surface area contributed by atoms with Gasteiger partial charge in [0, 0.05) is 25.4 Å². The molecule has 1 atom stereocenters. The quantitative estimate of drug-likeness (QED) is 0.877. The maximum absolute atomic E-state index is 12.3. The van der Waals surface area contributed by atoms with E-state index in [4.69, 9.17) is 4.74 Å². The van der Waals surface area contributed by atoms with Gasteiger partial charge in [0.2, 0.25) is 5.91 Å². The first-order valence-corrected chi connectivity index (χ1v) is 6.67. The Hall–Kier alpha value is -2.15. The van der Waals surface area contributed by atoms with Gasteiger partial charge in [-0.1, -0.05) is 0 Å². The monoisotopic (exact) mass is 275 g/mol. The average molecular weight is 275 g/mol. The second-order valence-corrected chi connectivity index (χ2v) is 4.75. The molecule has 1 aliphatic rings. The maximum Gasteiger partial charge on any atom is 0.244 e. The molecule has 2 aromatic heterocycles. The van der Waals surface area contributed by atoms with Gasteiger partial charge >= 0.3 is 0 Å². The van der Waals surface area contributed by atoms with E-state index in [9.17, 15) is 4.79 Å². The fourth-order valence-electron chi connectivity index (χ4n) is 2.23. The van der Waals surface area contributed by atoms with Crippen LogP contribution in [0.2, 0.25) is 0 Å².